The first-order valence-corrected chi connectivity index (χ1v) is 6.03. The number of hydrogen-bond acceptors (Lipinski definition) is 4. The summed E-state index contributed by atoms with van der Waals surface area (Å²) < 4.78 is 23.3. The molecule has 2 rings (SSSR count). The minimum Gasteiger partial charge on any atom is -0.392 e. The number of rotatable bonds is 2. The molecular formula is C10H11NO3S. The number of aliphatic hydroxyl groups is 1. The van der Waals surface area contributed by atoms with E-state index >= 15 is 0 Å². The Morgan fingerprint density at radius 2 is 2.07 bits per heavy atom. The summed E-state index contributed by atoms with van der Waals surface area (Å²) in [5.41, 5.74) is 7.22. The first-order chi connectivity index (χ1) is 7.08. The van der Waals surface area contributed by atoms with E-state index < -0.39 is 9.84 Å². The van der Waals surface area contributed by atoms with E-state index in [-0.39, 0.29) is 11.5 Å². The van der Waals surface area contributed by atoms with Crippen LogP contribution in [0.5, 0.6) is 0 Å². The number of aliphatic hydroxyl groups excluding tert-OH is 1. The second-order valence-electron chi connectivity index (χ2n) is 3.38. The second-order valence-corrected chi connectivity index (χ2v) is 5.15. The Hall–Kier alpha value is -1.17. The third-order valence-electron chi connectivity index (χ3n) is 2.40. The molecule has 0 bridgehead atoms. The molecule has 1 aliphatic rings. The summed E-state index contributed by atoms with van der Waals surface area (Å²) in [5.74, 6) is 0. The Bertz CT molecular complexity index is 532. The molecule has 0 saturated heterocycles. The van der Waals surface area contributed by atoms with E-state index in [4.69, 9.17) is 10.8 Å². The molecule has 3 N–H and O–H groups in total. The molecule has 0 amide bonds. The van der Waals surface area contributed by atoms with Gasteiger partial charge in [0.2, 0.25) is 9.84 Å². The second kappa shape index (κ2) is 3.44. The number of benzene rings is 1. The van der Waals surface area contributed by atoms with Crippen molar-refractivity contribution in [2.75, 3.05) is 6.61 Å². The molecular weight excluding hydrogens is 214 g/mol. The van der Waals surface area contributed by atoms with E-state index in [1.165, 1.54) is 0 Å². The van der Waals surface area contributed by atoms with Crippen molar-refractivity contribution in [3.05, 3.63) is 34.7 Å². The van der Waals surface area contributed by atoms with Crippen molar-refractivity contribution in [3.8, 4) is 0 Å². The first kappa shape index (κ1) is 10.4. The quantitative estimate of drug-likeness (QED) is 0.757. The van der Waals surface area contributed by atoms with Crippen molar-refractivity contribution >= 4 is 15.4 Å². The van der Waals surface area contributed by atoms with E-state index in [1.807, 2.05) is 0 Å². The van der Waals surface area contributed by atoms with Crippen LogP contribution in [-0.2, 0) is 16.4 Å². The molecule has 0 saturated carbocycles. The minimum absolute atomic E-state index is 0.245. The number of sulfone groups is 1. The van der Waals surface area contributed by atoms with Gasteiger partial charge in [-0.05, 0) is 22.8 Å². The smallest absolute Gasteiger partial charge is 0.200 e. The normalized spacial score (nSPS) is 17.3. The third-order valence-corrected chi connectivity index (χ3v) is 3.95. The van der Waals surface area contributed by atoms with E-state index in [2.05, 4.69) is 0 Å². The predicted octanol–water partition coefficient (Wildman–Crippen LogP) is 0.266. The average Bonchev–Trinajstić information content (AvgIpc) is 2.50. The van der Waals surface area contributed by atoms with Crippen LogP contribution in [-0.4, -0.2) is 20.1 Å². The highest BCUT2D eigenvalue weighted by atomic mass is 32.2. The average molecular weight is 225 g/mol. The van der Waals surface area contributed by atoms with Crippen molar-refractivity contribution in [1.82, 2.24) is 0 Å². The maximum Gasteiger partial charge on any atom is 0.200 e. The van der Waals surface area contributed by atoms with Crippen LogP contribution >= 0.6 is 0 Å². The van der Waals surface area contributed by atoms with Crippen LogP contribution in [0.4, 0.5) is 0 Å². The molecule has 5 heteroatoms. The summed E-state index contributed by atoms with van der Waals surface area (Å²) in [6.07, 6.45) is 0. The van der Waals surface area contributed by atoms with Crippen LogP contribution in [0.15, 0.2) is 28.5 Å². The molecule has 0 radical (unpaired) electrons. The van der Waals surface area contributed by atoms with Gasteiger partial charge < -0.3 is 10.8 Å². The molecule has 1 heterocycles. The SMILES string of the molecule is NCc1ccc2c(c1)S(=O)(=O)C=C2CO. The zero-order valence-electron chi connectivity index (χ0n) is 7.97. The molecule has 0 aliphatic carbocycles. The Morgan fingerprint density at radius 1 is 1.33 bits per heavy atom. The van der Waals surface area contributed by atoms with Crippen molar-refractivity contribution in [3.63, 3.8) is 0 Å². The van der Waals surface area contributed by atoms with Crippen molar-refractivity contribution in [2.24, 2.45) is 5.73 Å². The molecule has 15 heavy (non-hydrogen) atoms. The van der Waals surface area contributed by atoms with Crippen LogP contribution in [0.2, 0.25) is 0 Å². The molecule has 1 aromatic carbocycles. The topological polar surface area (TPSA) is 80.4 Å². The van der Waals surface area contributed by atoms with Crippen molar-refractivity contribution in [1.29, 1.82) is 0 Å². The summed E-state index contributed by atoms with van der Waals surface area (Å²) in [6, 6.07) is 5.01. The summed E-state index contributed by atoms with van der Waals surface area (Å²) in [5, 5.41) is 10.1. The lowest BCUT2D eigenvalue weighted by Crippen LogP contribution is -2.00. The van der Waals surface area contributed by atoms with Crippen LogP contribution in [0, 0.1) is 0 Å². The van der Waals surface area contributed by atoms with Gasteiger partial charge in [0.1, 0.15) is 0 Å². The summed E-state index contributed by atoms with van der Waals surface area (Å²) in [4.78, 5) is 0.245. The van der Waals surface area contributed by atoms with Gasteiger partial charge in [0.05, 0.1) is 11.5 Å². The maximum atomic E-state index is 11.7. The molecule has 0 fully saturated rings. The number of nitrogens with two attached hydrogens (primary N) is 1. The van der Waals surface area contributed by atoms with Gasteiger partial charge in [0.15, 0.2) is 0 Å². The highest BCUT2D eigenvalue weighted by Crippen LogP contribution is 2.33. The van der Waals surface area contributed by atoms with E-state index in [1.54, 1.807) is 18.2 Å². The zero-order chi connectivity index (χ0) is 11.1. The van der Waals surface area contributed by atoms with Gasteiger partial charge in [0, 0.05) is 12.0 Å². The fourth-order valence-corrected chi connectivity index (χ4v) is 3.16. The lowest BCUT2D eigenvalue weighted by molar-refractivity contribution is 0.350. The van der Waals surface area contributed by atoms with Crippen LogP contribution in [0.3, 0.4) is 0 Å². The van der Waals surface area contributed by atoms with Gasteiger partial charge in [-0.1, -0.05) is 12.1 Å². The largest absolute Gasteiger partial charge is 0.392 e. The fourth-order valence-electron chi connectivity index (χ4n) is 1.63. The minimum atomic E-state index is -3.38. The Kier molecular flexibility index (Phi) is 2.38. The highest BCUT2D eigenvalue weighted by Gasteiger charge is 2.26. The molecule has 0 spiro atoms. The molecule has 4 nitrogen and oxygen atoms in total. The highest BCUT2D eigenvalue weighted by molar-refractivity contribution is 7.95. The zero-order valence-corrected chi connectivity index (χ0v) is 8.79. The lowest BCUT2D eigenvalue weighted by atomic mass is 10.1. The summed E-state index contributed by atoms with van der Waals surface area (Å²) in [7, 11) is -3.38. The van der Waals surface area contributed by atoms with Gasteiger partial charge in [0.25, 0.3) is 0 Å². The van der Waals surface area contributed by atoms with E-state index in [9.17, 15) is 8.42 Å². The molecule has 0 aromatic heterocycles. The molecule has 0 unspecified atom stereocenters. The Balaban J connectivity index is 2.67. The number of fused-ring (bicyclic) bond motifs is 1. The predicted molar refractivity (Wildman–Crippen MR) is 56.6 cm³/mol. The van der Waals surface area contributed by atoms with Crippen LogP contribution in [0.1, 0.15) is 11.1 Å². The van der Waals surface area contributed by atoms with E-state index in [0.29, 0.717) is 17.7 Å². The number of hydrogen-bond donors (Lipinski definition) is 2. The molecule has 0 atom stereocenters. The van der Waals surface area contributed by atoms with Crippen LogP contribution < -0.4 is 5.73 Å². The van der Waals surface area contributed by atoms with Crippen molar-refractivity contribution in [2.45, 2.75) is 11.4 Å². The molecule has 80 valence electrons. The van der Waals surface area contributed by atoms with E-state index in [0.717, 1.165) is 11.0 Å². The summed E-state index contributed by atoms with van der Waals surface area (Å²) in [6.45, 7) is 0.0332. The van der Waals surface area contributed by atoms with Gasteiger partial charge in [-0.3, -0.25) is 0 Å². The standard InChI is InChI=1S/C10H11NO3S/c11-4-7-1-2-9-8(5-12)6-15(13,14)10(9)3-7/h1-3,6,12H,4-5,11H2. The molecule has 1 aliphatic heterocycles. The monoisotopic (exact) mass is 225 g/mol. The maximum absolute atomic E-state index is 11.7. The van der Waals surface area contributed by atoms with Gasteiger partial charge >= 0.3 is 0 Å². The Morgan fingerprint density at radius 3 is 2.67 bits per heavy atom. The van der Waals surface area contributed by atoms with Gasteiger partial charge in [-0.15, -0.1) is 0 Å². The Labute approximate surface area is 88.0 Å². The fraction of sp³-hybridized carbons (Fsp3) is 0.200. The van der Waals surface area contributed by atoms with Gasteiger partial charge in [-0.2, -0.15) is 0 Å². The molecule has 1 aromatic rings. The van der Waals surface area contributed by atoms with Crippen molar-refractivity contribution < 1.29 is 13.5 Å². The summed E-state index contributed by atoms with van der Waals surface area (Å²) >= 11 is 0. The van der Waals surface area contributed by atoms with Crippen LogP contribution in [0.25, 0.3) is 5.57 Å². The lowest BCUT2D eigenvalue weighted by Gasteiger charge is -2.03. The third kappa shape index (κ3) is 1.58. The first-order valence-electron chi connectivity index (χ1n) is 4.48. The van der Waals surface area contributed by atoms with Gasteiger partial charge in [-0.25, -0.2) is 8.42 Å².